The third-order valence-corrected chi connectivity index (χ3v) is 8.58. The van der Waals surface area contributed by atoms with E-state index in [4.69, 9.17) is 9.47 Å². The summed E-state index contributed by atoms with van der Waals surface area (Å²) in [7, 11) is -3.14. The Labute approximate surface area is 203 Å². The van der Waals surface area contributed by atoms with Gasteiger partial charge >= 0.3 is 0 Å². The first-order valence-electron chi connectivity index (χ1n) is 12.6. The van der Waals surface area contributed by atoms with Gasteiger partial charge in [0.25, 0.3) is 0 Å². The fourth-order valence-electron chi connectivity index (χ4n) is 5.44. The average molecular weight is 508 g/mol. The third-order valence-electron chi connectivity index (χ3n) is 7.28. The van der Waals surface area contributed by atoms with Crippen LogP contribution in [0, 0.1) is 0 Å². The SMILES string of the molecule is CCOC1NC(NC2CCN([S+](C)(=O)[O-])CC2)NC(NC2CCC(F)C(N3CCOCC3)C2)N1. The van der Waals surface area contributed by atoms with Crippen LogP contribution in [0.1, 0.15) is 39.0 Å². The van der Waals surface area contributed by atoms with E-state index in [9.17, 15) is 13.2 Å². The molecule has 7 atom stereocenters. The molecule has 0 aromatic carbocycles. The average Bonchev–Trinajstić information content (AvgIpc) is 2.81. The fraction of sp³-hybridized carbons (Fsp3) is 1.00. The van der Waals surface area contributed by atoms with Crippen molar-refractivity contribution in [1.29, 1.82) is 0 Å². The van der Waals surface area contributed by atoms with Crippen LogP contribution in [0.3, 0.4) is 0 Å². The maximum absolute atomic E-state index is 14.7. The largest absolute Gasteiger partial charge is 0.598 e. The van der Waals surface area contributed by atoms with Crippen LogP contribution in [-0.2, 0) is 24.1 Å². The second-order valence-corrected chi connectivity index (χ2v) is 11.7. The number of rotatable bonds is 8. The van der Waals surface area contributed by atoms with Crippen LogP contribution in [0.25, 0.3) is 0 Å². The molecule has 0 spiro atoms. The Morgan fingerprint density at radius 1 is 1.03 bits per heavy atom. The molecular formula is C21H42FN7O4S. The summed E-state index contributed by atoms with van der Waals surface area (Å²) in [6.07, 6.45) is 3.31. The maximum Gasteiger partial charge on any atom is 0.167 e. The lowest BCUT2D eigenvalue weighted by atomic mass is 9.88. The van der Waals surface area contributed by atoms with Crippen molar-refractivity contribution in [2.24, 2.45) is 0 Å². The minimum atomic E-state index is -3.14. The number of hydrogen-bond acceptors (Lipinski definition) is 10. The van der Waals surface area contributed by atoms with Gasteiger partial charge in [0.2, 0.25) is 0 Å². The summed E-state index contributed by atoms with van der Waals surface area (Å²) in [5, 5.41) is 17.5. The van der Waals surface area contributed by atoms with Crippen molar-refractivity contribution in [1.82, 2.24) is 35.8 Å². The van der Waals surface area contributed by atoms with Gasteiger partial charge in [0, 0.05) is 50.9 Å². The molecule has 4 fully saturated rings. The van der Waals surface area contributed by atoms with E-state index in [2.05, 4.69) is 31.5 Å². The Balaban J connectivity index is 1.30. The Kier molecular flexibility index (Phi) is 9.66. The van der Waals surface area contributed by atoms with Crippen LogP contribution in [0.15, 0.2) is 0 Å². The van der Waals surface area contributed by atoms with Crippen LogP contribution in [-0.4, -0.2) is 109 Å². The highest BCUT2D eigenvalue weighted by Crippen LogP contribution is 2.27. The van der Waals surface area contributed by atoms with Gasteiger partial charge in [-0.3, -0.25) is 31.5 Å². The lowest BCUT2D eigenvalue weighted by Gasteiger charge is -2.45. The molecule has 0 aromatic heterocycles. The van der Waals surface area contributed by atoms with Crippen molar-refractivity contribution < 1.29 is 22.6 Å². The van der Waals surface area contributed by atoms with E-state index in [1.165, 1.54) is 10.6 Å². The molecule has 34 heavy (non-hydrogen) atoms. The van der Waals surface area contributed by atoms with Crippen molar-refractivity contribution in [3.05, 3.63) is 0 Å². The molecule has 13 heteroatoms. The quantitative estimate of drug-likeness (QED) is 0.263. The number of nitrogens with one attached hydrogen (secondary N) is 5. The first-order chi connectivity index (χ1) is 16.3. The molecule has 7 unspecified atom stereocenters. The molecule has 11 nitrogen and oxygen atoms in total. The second-order valence-electron chi connectivity index (χ2n) is 9.71. The molecule has 3 aliphatic heterocycles. The number of nitrogens with zero attached hydrogens (tertiary/aromatic N) is 2. The zero-order valence-electron chi connectivity index (χ0n) is 20.3. The van der Waals surface area contributed by atoms with Crippen LogP contribution in [0.4, 0.5) is 4.39 Å². The van der Waals surface area contributed by atoms with E-state index in [0.717, 1.165) is 38.8 Å². The van der Waals surface area contributed by atoms with Gasteiger partial charge < -0.3 is 14.0 Å². The lowest BCUT2D eigenvalue weighted by Crippen LogP contribution is -2.76. The van der Waals surface area contributed by atoms with Gasteiger partial charge in [0.1, 0.15) is 35.4 Å². The third kappa shape index (κ3) is 7.35. The molecule has 4 rings (SSSR count). The standard InChI is InChI=1S/C21H42FN7O4S/c1-3-33-21-26-19(23-15-6-8-29(9-7-15)34(2,30)31)25-20(27-21)24-16-4-5-17(22)18(14-16)28-10-12-32-13-11-28/h15-21,23-27H,3-14H2,1-2H3. The van der Waals surface area contributed by atoms with E-state index in [0.29, 0.717) is 39.3 Å². The molecule has 5 N–H and O–H groups in total. The summed E-state index contributed by atoms with van der Waals surface area (Å²) in [5.41, 5.74) is 0. The highest BCUT2D eigenvalue weighted by Gasteiger charge is 2.38. The smallest absolute Gasteiger partial charge is 0.167 e. The molecular weight excluding hydrogens is 465 g/mol. The molecule has 0 radical (unpaired) electrons. The summed E-state index contributed by atoms with van der Waals surface area (Å²) >= 11 is 0. The summed E-state index contributed by atoms with van der Waals surface area (Å²) in [4.78, 5) is 2.24. The summed E-state index contributed by atoms with van der Waals surface area (Å²) in [6, 6.07) is 0.300. The first kappa shape index (κ1) is 26.7. The molecule has 0 amide bonds. The van der Waals surface area contributed by atoms with Crippen LogP contribution in [0.2, 0.25) is 0 Å². The van der Waals surface area contributed by atoms with Gasteiger partial charge in [0.15, 0.2) is 6.35 Å². The highest BCUT2D eigenvalue weighted by atomic mass is 32.3. The van der Waals surface area contributed by atoms with E-state index >= 15 is 0 Å². The zero-order valence-corrected chi connectivity index (χ0v) is 21.2. The molecule has 0 bridgehead atoms. The van der Waals surface area contributed by atoms with Gasteiger partial charge in [-0.1, -0.05) is 4.21 Å². The maximum atomic E-state index is 14.7. The topological polar surface area (TPSA) is 125 Å². The predicted octanol–water partition coefficient (Wildman–Crippen LogP) is -0.934. The van der Waals surface area contributed by atoms with Crippen LogP contribution >= 0.6 is 0 Å². The van der Waals surface area contributed by atoms with Crippen molar-refractivity contribution in [3.63, 3.8) is 0 Å². The van der Waals surface area contributed by atoms with Crippen LogP contribution < -0.4 is 26.6 Å². The number of hydrogen-bond donors (Lipinski definition) is 5. The van der Waals surface area contributed by atoms with Crippen molar-refractivity contribution >= 4 is 10.4 Å². The lowest BCUT2D eigenvalue weighted by molar-refractivity contribution is -0.0520. The molecule has 0 aromatic rings. The summed E-state index contributed by atoms with van der Waals surface area (Å²) < 4.78 is 51.1. The van der Waals surface area contributed by atoms with Crippen molar-refractivity contribution in [3.8, 4) is 0 Å². The minimum Gasteiger partial charge on any atom is -0.598 e. The zero-order chi connectivity index (χ0) is 24.1. The Bertz CT molecular complexity index is 678. The second kappa shape index (κ2) is 12.3. The van der Waals surface area contributed by atoms with Gasteiger partial charge in [0.05, 0.1) is 13.2 Å². The molecule has 3 saturated heterocycles. The normalized spacial score (nSPS) is 39.1. The summed E-state index contributed by atoms with van der Waals surface area (Å²) in [6.45, 7) is 6.48. The van der Waals surface area contributed by atoms with E-state index in [-0.39, 0.29) is 37.1 Å². The number of morpholine rings is 1. The molecule has 3 heterocycles. The number of sulfonamides is 1. The fourth-order valence-corrected chi connectivity index (χ4v) is 6.32. The monoisotopic (exact) mass is 507 g/mol. The van der Waals surface area contributed by atoms with Gasteiger partial charge in [-0.2, -0.15) is 0 Å². The Hall–Kier alpha value is -0.320. The minimum absolute atomic E-state index is 0.0755. The van der Waals surface area contributed by atoms with Gasteiger partial charge in [-0.15, -0.1) is 4.31 Å². The Morgan fingerprint density at radius 3 is 2.29 bits per heavy atom. The molecule has 1 saturated carbocycles. The highest BCUT2D eigenvalue weighted by molar-refractivity contribution is 7.94. The van der Waals surface area contributed by atoms with E-state index in [1.807, 2.05) is 6.92 Å². The van der Waals surface area contributed by atoms with Gasteiger partial charge in [-0.05, 0) is 39.0 Å². The first-order valence-corrected chi connectivity index (χ1v) is 14.5. The van der Waals surface area contributed by atoms with Crippen LogP contribution in [0.5, 0.6) is 0 Å². The van der Waals surface area contributed by atoms with Crippen molar-refractivity contribution in [2.45, 2.75) is 82.3 Å². The predicted molar refractivity (Wildman–Crippen MR) is 127 cm³/mol. The number of alkyl halides is 1. The van der Waals surface area contributed by atoms with Gasteiger partial charge in [-0.25, -0.2) is 4.39 Å². The summed E-state index contributed by atoms with van der Waals surface area (Å²) in [5.74, 6) is 0. The molecule has 4 aliphatic rings. The Morgan fingerprint density at radius 2 is 1.68 bits per heavy atom. The number of ether oxygens (including phenoxy) is 2. The molecule has 1 aliphatic carbocycles. The van der Waals surface area contributed by atoms with Crippen molar-refractivity contribution in [2.75, 3.05) is 52.3 Å². The van der Waals surface area contributed by atoms with E-state index < -0.39 is 16.6 Å². The number of piperidine rings is 1. The number of halogens is 1. The molecule has 198 valence electrons. The van der Waals surface area contributed by atoms with E-state index in [1.54, 1.807) is 0 Å².